The summed E-state index contributed by atoms with van der Waals surface area (Å²) in [6.07, 6.45) is 2.64. The van der Waals surface area contributed by atoms with Crippen molar-refractivity contribution in [2.24, 2.45) is 11.8 Å². The Kier molecular flexibility index (Phi) is 4.50. The largest absolute Gasteiger partial charge is 0.316 e. The Hall–Kier alpha value is -0.340. The molecule has 0 aromatic heterocycles. The summed E-state index contributed by atoms with van der Waals surface area (Å²) in [7, 11) is 0. The van der Waals surface area contributed by atoms with E-state index in [1.807, 2.05) is 0 Å². The molecule has 0 amide bonds. The van der Waals surface area contributed by atoms with Gasteiger partial charge in [-0.1, -0.05) is 48.8 Å². The molecule has 0 spiro atoms. The maximum Gasteiger partial charge on any atom is 0.0175 e. The van der Waals surface area contributed by atoms with Gasteiger partial charge < -0.3 is 5.32 Å². The molecule has 0 unspecified atom stereocenters. The molecule has 18 heavy (non-hydrogen) atoms. The van der Waals surface area contributed by atoms with E-state index in [1.54, 1.807) is 0 Å². The molecule has 1 nitrogen and oxygen atoms in total. The third-order valence-electron chi connectivity index (χ3n) is 3.95. The van der Waals surface area contributed by atoms with E-state index >= 15 is 0 Å². The van der Waals surface area contributed by atoms with Crippen molar-refractivity contribution >= 4 is 15.9 Å². The lowest BCUT2D eigenvalue weighted by Crippen LogP contribution is -2.48. The smallest absolute Gasteiger partial charge is 0.0175 e. The van der Waals surface area contributed by atoms with Crippen LogP contribution in [0.5, 0.6) is 0 Å². The topological polar surface area (TPSA) is 12.0 Å². The fourth-order valence-electron chi connectivity index (χ4n) is 3.16. The molecule has 0 aliphatic heterocycles. The van der Waals surface area contributed by atoms with Gasteiger partial charge in [0.05, 0.1) is 0 Å². The van der Waals surface area contributed by atoms with Crippen molar-refractivity contribution < 1.29 is 0 Å². The van der Waals surface area contributed by atoms with E-state index < -0.39 is 0 Å². The lowest BCUT2D eigenvalue weighted by molar-refractivity contribution is 0.151. The summed E-state index contributed by atoms with van der Waals surface area (Å²) in [6.45, 7) is 9.13. The lowest BCUT2D eigenvalue weighted by atomic mass is 9.59. The third kappa shape index (κ3) is 3.16. The highest BCUT2D eigenvalue weighted by Crippen LogP contribution is 2.47. The number of nitrogens with one attached hydrogen (secondary N) is 1. The van der Waals surface area contributed by atoms with Crippen molar-refractivity contribution in [3.05, 3.63) is 34.3 Å². The maximum absolute atomic E-state index is 3.65. The van der Waals surface area contributed by atoms with Gasteiger partial charge in [-0.05, 0) is 48.9 Å². The Balaban J connectivity index is 2.05. The molecule has 2 rings (SSSR count). The Morgan fingerprint density at radius 1 is 1.28 bits per heavy atom. The molecule has 1 fully saturated rings. The molecule has 100 valence electrons. The second-order valence-corrected chi connectivity index (χ2v) is 7.24. The van der Waals surface area contributed by atoms with E-state index in [4.69, 9.17) is 0 Å². The number of benzene rings is 1. The number of hydrogen-bond acceptors (Lipinski definition) is 1. The van der Waals surface area contributed by atoms with Gasteiger partial charge in [0.25, 0.3) is 0 Å². The zero-order valence-corrected chi connectivity index (χ0v) is 13.3. The van der Waals surface area contributed by atoms with Gasteiger partial charge in [0.15, 0.2) is 0 Å². The summed E-state index contributed by atoms with van der Waals surface area (Å²) in [4.78, 5) is 0. The van der Waals surface area contributed by atoms with E-state index in [0.29, 0.717) is 5.41 Å². The van der Waals surface area contributed by atoms with Gasteiger partial charge in [0, 0.05) is 16.4 Å². The first-order valence-corrected chi connectivity index (χ1v) is 7.78. The highest BCUT2D eigenvalue weighted by Gasteiger charge is 2.42. The van der Waals surface area contributed by atoms with Crippen molar-refractivity contribution in [2.75, 3.05) is 13.1 Å². The van der Waals surface area contributed by atoms with Crippen LogP contribution in [0.25, 0.3) is 0 Å². The standard InChI is InChI=1S/C16H24BrN/c1-12(2)10-18-11-16(8-13(3)9-16)14-4-6-15(17)7-5-14/h4-7,12-13,18H,8-11H2,1-3H3. The predicted molar refractivity (Wildman–Crippen MR) is 81.9 cm³/mol. The van der Waals surface area contributed by atoms with Crippen molar-refractivity contribution in [1.29, 1.82) is 0 Å². The van der Waals surface area contributed by atoms with Gasteiger partial charge in [0.1, 0.15) is 0 Å². The molecule has 1 aliphatic carbocycles. The van der Waals surface area contributed by atoms with Crippen LogP contribution in [0.1, 0.15) is 39.2 Å². The van der Waals surface area contributed by atoms with Gasteiger partial charge in [-0.25, -0.2) is 0 Å². The Morgan fingerprint density at radius 3 is 2.39 bits per heavy atom. The second-order valence-electron chi connectivity index (χ2n) is 6.33. The predicted octanol–water partition coefficient (Wildman–Crippen LogP) is 4.36. The summed E-state index contributed by atoms with van der Waals surface area (Å²) >= 11 is 3.52. The normalized spacial score (nSPS) is 27.3. The number of rotatable bonds is 5. The summed E-state index contributed by atoms with van der Waals surface area (Å²) in [6, 6.07) is 8.91. The summed E-state index contributed by atoms with van der Waals surface area (Å²) in [5.41, 5.74) is 1.88. The molecule has 2 heteroatoms. The minimum absolute atomic E-state index is 0.384. The first kappa shape index (κ1) is 14.1. The maximum atomic E-state index is 3.65. The van der Waals surface area contributed by atoms with Crippen LogP contribution in [0.15, 0.2) is 28.7 Å². The molecule has 1 aromatic rings. The Bertz CT molecular complexity index is 377. The minimum Gasteiger partial charge on any atom is -0.316 e. The van der Waals surface area contributed by atoms with Gasteiger partial charge in [0.2, 0.25) is 0 Å². The molecular formula is C16H24BrN. The summed E-state index contributed by atoms with van der Waals surface area (Å²) < 4.78 is 1.17. The zero-order chi connectivity index (χ0) is 13.2. The van der Waals surface area contributed by atoms with Crippen LogP contribution in [-0.2, 0) is 5.41 Å². The quantitative estimate of drug-likeness (QED) is 0.852. The SMILES string of the molecule is CC(C)CNCC1(c2ccc(Br)cc2)CC(C)C1. The fourth-order valence-corrected chi connectivity index (χ4v) is 3.42. The zero-order valence-electron chi connectivity index (χ0n) is 11.7. The monoisotopic (exact) mass is 309 g/mol. The molecule has 0 heterocycles. The first-order chi connectivity index (χ1) is 8.52. The number of halogens is 1. The van der Waals surface area contributed by atoms with Crippen LogP contribution >= 0.6 is 15.9 Å². The van der Waals surface area contributed by atoms with Gasteiger partial charge >= 0.3 is 0 Å². The molecule has 0 saturated heterocycles. The van der Waals surface area contributed by atoms with Crippen molar-refractivity contribution in [3.63, 3.8) is 0 Å². The highest BCUT2D eigenvalue weighted by molar-refractivity contribution is 9.10. The van der Waals surface area contributed by atoms with Crippen LogP contribution in [0.3, 0.4) is 0 Å². The van der Waals surface area contributed by atoms with Crippen LogP contribution in [0.4, 0.5) is 0 Å². The summed E-state index contributed by atoms with van der Waals surface area (Å²) in [5, 5.41) is 3.65. The van der Waals surface area contributed by atoms with Crippen molar-refractivity contribution in [2.45, 2.75) is 39.0 Å². The lowest BCUT2D eigenvalue weighted by Gasteiger charge is -2.47. The third-order valence-corrected chi connectivity index (χ3v) is 4.48. The van der Waals surface area contributed by atoms with E-state index in [1.165, 1.54) is 22.9 Å². The van der Waals surface area contributed by atoms with E-state index in [0.717, 1.165) is 24.9 Å². The van der Waals surface area contributed by atoms with Crippen LogP contribution in [0.2, 0.25) is 0 Å². The highest BCUT2D eigenvalue weighted by atomic mass is 79.9. The molecule has 1 aromatic carbocycles. The van der Waals surface area contributed by atoms with E-state index in [-0.39, 0.29) is 0 Å². The average molecular weight is 310 g/mol. The molecule has 1 saturated carbocycles. The van der Waals surface area contributed by atoms with Crippen molar-refractivity contribution in [3.8, 4) is 0 Å². The molecule has 1 aliphatic rings. The molecule has 0 atom stereocenters. The van der Waals surface area contributed by atoms with Crippen LogP contribution in [-0.4, -0.2) is 13.1 Å². The second kappa shape index (κ2) is 5.75. The van der Waals surface area contributed by atoms with Crippen molar-refractivity contribution in [1.82, 2.24) is 5.32 Å². The molecule has 0 radical (unpaired) electrons. The summed E-state index contributed by atoms with van der Waals surface area (Å²) in [5.74, 6) is 1.60. The molecular weight excluding hydrogens is 286 g/mol. The van der Waals surface area contributed by atoms with Gasteiger partial charge in [-0.2, -0.15) is 0 Å². The Labute approximate surface area is 119 Å². The average Bonchev–Trinajstić information content (AvgIpc) is 2.26. The van der Waals surface area contributed by atoms with Crippen LogP contribution in [0, 0.1) is 11.8 Å². The van der Waals surface area contributed by atoms with E-state index in [2.05, 4.69) is 66.3 Å². The Morgan fingerprint density at radius 2 is 1.89 bits per heavy atom. The van der Waals surface area contributed by atoms with Gasteiger partial charge in [-0.3, -0.25) is 0 Å². The molecule has 1 N–H and O–H groups in total. The van der Waals surface area contributed by atoms with Gasteiger partial charge in [-0.15, -0.1) is 0 Å². The minimum atomic E-state index is 0.384. The van der Waals surface area contributed by atoms with E-state index in [9.17, 15) is 0 Å². The number of hydrogen-bond donors (Lipinski definition) is 1. The first-order valence-electron chi connectivity index (χ1n) is 6.98. The van der Waals surface area contributed by atoms with Crippen LogP contribution < -0.4 is 5.32 Å². The fraction of sp³-hybridized carbons (Fsp3) is 0.625. The molecule has 0 bridgehead atoms.